The largest absolute Gasteiger partial charge is 0.456 e. The Balaban J connectivity index is 1.17. The Hall–Kier alpha value is -6.36. The first-order chi connectivity index (χ1) is 24.8. The molecular weight excluding hydrogens is 629 g/mol. The Bertz CT molecular complexity index is 3170. The van der Waals surface area contributed by atoms with E-state index in [1.165, 1.54) is 37.0 Å². The van der Waals surface area contributed by atoms with Gasteiger partial charge >= 0.3 is 0 Å². The average molecular weight is 655 g/mol. The van der Waals surface area contributed by atoms with Gasteiger partial charge in [-0.3, -0.25) is 0 Å². The van der Waals surface area contributed by atoms with Crippen LogP contribution in [-0.2, 0) is 0 Å². The highest BCUT2D eigenvalue weighted by Gasteiger charge is 2.21. The minimum absolute atomic E-state index is 0.695. The maximum Gasteiger partial charge on any atom is 0.161 e. The molecule has 3 heterocycles. The fourth-order valence-corrected chi connectivity index (χ4v) is 8.85. The van der Waals surface area contributed by atoms with E-state index in [1.54, 1.807) is 11.3 Å². The number of hydrogen-bond acceptors (Lipinski definition) is 4. The maximum atomic E-state index is 6.57. The number of thiophene rings is 1. The third kappa shape index (κ3) is 4.09. The Labute approximate surface area is 290 Å². The minimum Gasteiger partial charge on any atom is -0.456 e. The van der Waals surface area contributed by atoms with Crippen LogP contribution in [0.3, 0.4) is 0 Å². The molecule has 0 fully saturated rings. The van der Waals surface area contributed by atoms with E-state index in [-0.39, 0.29) is 0 Å². The third-order valence-corrected chi connectivity index (χ3v) is 11.2. The van der Waals surface area contributed by atoms with Crippen LogP contribution in [-0.4, -0.2) is 9.97 Å². The van der Waals surface area contributed by atoms with Gasteiger partial charge in [0.05, 0.1) is 15.9 Å². The smallest absolute Gasteiger partial charge is 0.161 e. The summed E-state index contributed by atoms with van der Waals surface area (Å²) >= 11 is 1.77. The number of furan rings is 1. The lowest BCUT2D eigenvalue weighted by Gasteiger charge is -2.13. The molecule has 11 rings (SSSR count). The molecule has 0 N–H and O–H groups in total. The topological polar surface area (TPSA) is 38.9 Å². The van der Waals surface area contributed by atoms with E-state index in [0.717, 1.165) is 65.5 Å². The van der Waals surface area contributed by atoms with Gasteiger partial charge in [0.2, 0.25) is 0 Å². The van der Waals surface area contributed by atoms with E-state index in [4.69, 9.17) is 14.4 Å². The first-order valence-corrected chi connectivity index (χ1v) is 17.6. The average Bonchev–Trinajstić information content (AvgIpc) is 3.75. The van der Waals surface area contributed by atoms with Gasteiger partial charge in [0, 0.05) is 32.0 Å². The summed E-state index contributed by atoms with van der Waals surface area (Å²) in [6.45, 7) is 0. The molecular formula is C46H26N2OS. The van der Waals surface area contributed by atoms with E-state index in [9.17, 15) is 0 Å². The molecule has 0 amide bonds. The lowest BCUT2D eigenvalue weighted by molar-refractivity contribution is 0.669. The molecule has 4 heteroatoms. The molecule has 0 aliphatic rings. The Morgan fingerprint density at radius 2 is 1.16 bits per heavy atom. The van der Waals surface area contributed by atoms with Gasteiger partial charge in [-0.1, -0.05) is 121 Å². The van der Waals surface area contributed by atoms with Gasteiger partial charge in [0.1, 0.15) is 11.2 Å². The summed E-state index contributed by atoms with van der Waals surface area (Å²) in [6, 6.07) is 56.0. The van der Waals surface area contributed by atoms with Crippen molar-refractivity contribution in [2.75, 3.05) is 0 Å². The van der Waals surface area contributed by atoms with Crippen LogP contribution in [0.1, 0.15) is 0 Å². The quantitative estimate of drug-likeness (QED) is 0.178. The molecule has 0 atom stereocenters. The lowest BCUT2D eigenvalue weighted by Crippen LogP contribution is -1.95. The van der Waals surface area contributed by atoms with Crippen LogP contribution in [0.15, 0.2) is 162 Å². The van der Waals surface area contributed by atoms with Crippen LogP contribution >= 0.6 is 11.3 Å². The van der Waals surface area contributed by atoms with Crippen LogP contribution in [0, 0.1) is 0 Å². The zero-order valence-electron chi connectivity index (χ0n) is 26.7. The van der Waals surface area contributed by atoms with Gasteiger partial charge in [-0.15, -0.1) is 11.3 Å². The molecule has 50 heavy (non-hydrogen) atoms. The van der Waals surface area contributed by atoms with Crippen molar-refractivity contribution in [1.29, 1.82) is 0 Å². The number of benzene rings is 8. The predicted molar refractivity (Wildman–Crippen MR) is 211 cm³/mol. The van der Waals surface area contributed by atoms with E-state index in [1.807, 2.05) is 6.07 Å². The van der Waals surface area contributed by atoms with Crippen molar-refractivity contribution < 1.29 is 4.42 Å². The maximum absolute atomic E-state index is 6.57. The summed E-state index contributed by atoms with van der Waals surface area (Å²) in [5, 5.41) is 10.5. The molecule has 0 saturated heterocycles. The van der Waals surface area contributed by atoms with Crippen LogP contribution in [0.5, 0.6) is 0 Å². The number of aromatic nitrogens is 2. The summed E-state index contributed by atoms with van der Waals surface area (Å²) in [5.74, 6) is 0.695. The van der Waals surface area contributed by atoms with Gasteiger partial charge in [-0.25, -0.2) is 9.97 Å². The van der Waals surface area contributed by atoms with Crippen LogP contribution in [0.4, 0.5) is 0 Å². The predicted octanol–water partition coefficient (Wildman–Crippen LogP) is 13.2. The van der Waals surface area contributed by atoms with Crippen molar-refractivity contribution in [2.45, 2.75) is 0 Å². The summed E-state index contributed by atoms with van der Waals surface area (Å²) in [5.41, 5.74) is 7.97. The monoisotopic (exact) mass is 654 g/mol. The molecule has 0 aliphatic carbocycles. The molecule has 8 aromatic carbocycles. The normalized spacial score (nSPS) is 12.0. The lowest BCUT2D eigenvalue weighted by atomic mass is 9.95. The van der Waals surface area contributed by atoms with E-state index < -0.39 is 0 Å². The van der Waals surface area contributed by atoms with Gasteiger partial charge in [0.25, 0.3) is 0 Å². The summed E-state index contributed by atoms with van der Waals surface area (Å²) in [4.78, 5) is 10.8. The molecule has 0 unspecified atom stereocenters. The molecule has 0 aliphatic heterocycles. The minimum atomic E-state index is 0.695. The highest BCUT2D eigenvalue weighted by atomic mass is 32.1. The van der Waals surface area contributed by atoms with E-state index in [0.29, 0.717) is 5.82 Å². The number of hydrogen-bond donors (Lipinski definition) is 0. The second kappa shape index (κ2) is 10.6. The zero-order chi connectivity index (χ0) is 32.8. The van der Waals surface area contributed by atoms with Crippen LogP contribution in [0.25, 0.3) is 108 Å². The Morgan fingerprint density at radius 3 is 2.06 bits per heavy atom. The fourth-order valence-electron chi connectivity index (χ4n) is 7.70. The zero-order valence-corrected chi connectivity index (χ0v) is 27.5. The second-order valence-corrected chi connectivity index (χ2v) is 14.0. The number of rotatable bonds is 3. The van der Waals surface area contributed by atoms with Gasteiger partial charge in [0.15, 0.2) is 5.82 Å². The summed E-state index contributed by atoms with van der Waals surface area (Å²) in [7, 11) is 0. The van der Waals surface area contributed by atoms with Crippen molar-refractivity contribution >= 4 is 85.9 Å². The van der Waals surface area contributed by atoms with Crippen molar-refractivity contribution in [3.8, 4) is 33.8 Å². The second-order valence-electron chi connectivity index (χ2n) is 12.9. The molecule has 0 saturated carbocycles. The standard InChI is InChI=1S/C46H26N2OS/c1-2-11-28-24-29(21-20-27(28)10-1)30-22-23-35-40(26-30)49-39-18-9-17-37(42(35)39)46-47-43-36-16-7-8-19-41(36)50-45(43)44(48-46)38-25-31-12-3-4-13-32(31)33-14-5-6-15-34(33)38/h1-26H. The van der Waals surface area contributed by atoms with Crippen molar-refractivity contribution in [3.63, 3.8) is 0 Å². The van der Waals surface area contributed by atoms with Crippen molar-refractivity contribution in [1.82, 2.24) is 9.97 Å². The van der Waals surface area contributed by atoms with Gasteiger partial charge in [-0.2, -0.15) is 0 Å². The highest BCUT2D eigenvalue weighted by Crippen LogP contribution is 2.44. The number of nitrogens with zero attached hydrogens (tertiary/aromatic N) is 2. The van der Waals surface area contributed by atoms with Gasteiger partial charge < -0.3 is 4.42 Å². The highest BCUT2D eigenvalue weighted by molar-refractivity contribution is 7.26. The fraction of sp³-hybridized carbons (Fsp3) is 0. The first kappa shape index (κ1) is 27.6. The van der Waals surface area contributed by atoms with E-state index in [2.05, 4.69) is 152 Å². The molecule has 3 aromatic heterocycles. The Morgan fingerprint density at radius 1 is 0.440 bits per heavy atom. The summed E-state index contributed by atoms with van der Waals surface area (Å²) in [6.07, 6.45) is 0. The third-order valence-electron chi connectivity index (χ3n) is 10.1. The SMILES string of the molecule is c1ccc2cc(-c3ccc4c(c3)oc3cccc(-c5nc(-c6cc7ccccc7c7ccccc67)c6sc7ccccc7c6n5)c34)ccc2c1. The van der Waals surface area contributed by atoms with Crippen molar-refractivity contribution in [3.05, 3.63) is 158 Å². The molecule has 3 nitrogen and oxygen atoms in total. The van der Waals surface area contributed by atoms with Crippen molar-refractivity contribution in [2.24, 2.45) is 0 Å². The molecule has 11 aromatic rings. The van der Waals surface area contributed by atoms with Gasteiger partial charge in [-0.05, 0) is 79.8 Å². The number of fused-ring (bicyclic) bond motifs is 10. The van der Waals surface area contributed by atoms with Crippen LogP contribution in [0.2, 0.25) is 0 Å². The molecule has 232 valence electrons. The molecule has 0 radical (unpaired) electrons. The van der Waals surface area contributed by atoms with Crippen LogP contribution < -0.4 is 0 Å². The Kier molecular flexibility index (Phi) is 5.83. The molecule has 0 bridgehead atoms. The van der Waals surface area contributed by atoms with E-state index >= 15 is 0 Å². The summed E-state index contributed by atoms with van der Waals surface area (Å²) < 4.78 is 8.87. The first-order valence-electron chi connectivity index (χ1n) is 16.8. The molecule has 0 spiro atoms.